The minimum Gasteiger partial charge on any atom is -0.443 e. The summed E-state index contributed by atoms with van der Waals surface area (Å²) in [4.78, 5) is 22.8. The number of amides is 1. The summed E-state index contributed by atoms with van der Waals surface area (Å²) in [5.41, 5.74) is 0.819. The van der Waals surface area contributed by atoms with Crippen molar-refractivity contribution < 1.29 is 18.1 Å². The third-order valence-corrected chi connectivity index (χ3v) is 4.24. The van der Waals surface area contributed by atoms with Gasteiger partial charge in [-0.2, -0.15) is 4.98 Å². The summed E-state index contributed by atoms with van der Waals surface area (Å²) >= 11 is 0. The van der Waals surface area contributed by atoms with Gasteiger partial charge in [0, 0.05) is 18.7 Å². The van der Waals surface area contributed by atoms with E-state index in [0.717, 1.165) is 6.42 Å². The molecule has 1 saturated heterocycles. The second-order valence-corrected chi connectivity index (χ2v) is 5.95. The van der Waals surface area contributed by atoms with E-state index in [0.29, 0.717) is 36.1 Å². The van der Waals surface area contributed by atoms with Gasteiger partial charge in [-0.15, -0.1) is 0 Å². The first kappa shape index (κ1) is 15.5. The molecule has 128 valence electrons. The van der Waals surface area contributed by atoms with Gasteiger partial charge in [-0.05, 0) is 37.6 Å². The van der Waals surface area contributed by atoms with Crippen molar-refractivity contribution in [3.8, 4) is 11.3 Å². The largest absolute Gasteiger partial charge is 0.443 e. The van der Waals surface area contributed by atoms with Gasteiger partial charge in [-0.1, -0.05) is 5.16 Å². The van der Waals surface area contributed by atoms with E-state index in [-0.39, 0.29) is 23.3 Å². The molecule has 8 heteroatoms. The van der Waals surface area contributed by atoms with Crippen LogP contribution in [0.5, 0.6) is 0 Å². The molecule has 1 amide bonds. The van der Waals surface area contributed by atoms with Crippen molar-refractivity contribution in [3.05, 3.63) is 53.9 Å². The molecule has 1 aliphatic heterocycles. The summed E-state index contributed by atoms with van der Waals surface area (Å²) in [6.07, 6.45) is 1.97. The van der Waals surface area contributed by atoms with Crippen LogP contribution in [0.15, 0.2) is 39.6 Å². The highest BCUT2D eigenvalue weighted by atomic mass is 19.1. The average molecular weight is 342 g/mol. The van der Waals surface area contributed by atoms with Crippen LogP contribution in [-0.4, -0.2) is 39.0 Å². The number of likely N-dealkylation sites (tertiary alicyclic amines) is 1. The number of rotatable bonds is 3. The Labute approximate surface area is 142 Å². The Kier molecular flexibility index (Phi) is 3.79. The Morgan fingerprint density at radius 1 is 1.32 bits per heavy atom. The quantitative estimate of drug-likeness (QED) is 0.727. The lowest BCUT2D eigenvalue weighted by Gasteiger charge is -2.14. The molecule has 1 fully saturated rings. The smallest absolute Gasteiger partial charge is 0.276 e. The Hall–Kier alpha value is -3.03. The van der Waals surface area contributed by atoms with Gasteiger partial charge in [0.05, 0.1) is 5.92 Å². The fourth-order valence-electron chi connectivity index (χ4n) is 2.98. The monoisotopic (exact) mass is 342 g/mol. The zero-order valence-corrected chi connectivity index (χ0v) is 13.5. The van der Waals surface area contributed by atoms with E-state index in [1.165, 1.54) is 18.5 Å². The summed E-state index contributed by atoms with van der Waals surface area (Å²) in [6, 6.07) is 5.74. The summed E-state index contributed by atoms with van der Waals surface area (Å²) in [5, 5.41) is 3.79. The van der Waals surface area contributed by atoms with Gasteiger partial charge >= 0.3 is 0 Å². The van der Waals surface area contributed by atoms with Crippen LogP contribution in [0.1, 0.15) is 34.5 Å². The minimum atomic E-state index is -0.353. The van der Waals surface area contributed by atoms with Crippen molar-refractivity contribution in [2.75, 3.05) is 13.1 Å². The first-order valence-corrected chi connectivity index (χ1v) is 7.90. The van der Waals surface area contributed by atoms with Crippen LogP contribution in [0.25, 0.3) is 11.3 Å². The highest BCUT2D eigenvalue weighted by molar-refractivity contribution is 5.97. The first-order chi connectivity index (χ1) is 12.1. The van der Waals surface area contributed by atoms with Crippen LogP contribution in [0.3, 0.4) is 0 Å². The zero-order valence-electron chi connectivity index (χ0n) is 13.5. The topological polar surface area (TPSA) is 85.3 Å². The second kappa shape index (κ2) is 6.12. The molecule has 0 spiro atoms. The molecule has 3 aromatic rings. The van der Waals surface area contributed by atoms with Crippen LogP contribution in [0.4, 0.5) is 4.39 Å². The van der Waals surface area contributed by atoms with Crippen molar-refractivity contribution in [1.82, 2.24) is 20.0 Å². The molecule has 0 saturated carbocycles. The van der Waals surface area contributed by atoms with E-state index in [1.54, 1.807) is 24.0 Å². The molecule has 1 aliphatic rings. The maximum Gasteiger partial charge on any atom is 0.276 e. The Morgan fingerprint density at radius 2 is 2.12 bits per heavy atom. The standard InChI is InChI=1S/C17H15FN4O3/c1-10-20-16(25-21-10)12-6-7-22(8-12)17(23)14-15(24-9-19-14)11-2-4-13(18)5-3-11/h2-5,9,12H,6-8H2,1H3/t12-/m1/s1. The highest BCUT2D eigenvalue weighted by Gasteiger charge is 2.33. The lowest BCUT2D eigenvalue weighted by Crippen LogP contribution is -2.29. The van der Waals surface area contributed by atoms with Crippen LogP contribution in [0, 0.1) is 12.7 Å². The van der Waals surface area contributed by atoms with Gasteiger partial charge in [0.2, 0.25) is 5.89 Å². The molecule has 2 aromatic heterocycles. The number of nitrogens with zero attached hydrogens (tertiary/aromatic N) is 4. The van der Waals surface area contributed by atoms with E-state index < -0.39 is 0 Å². The first-order valence-electron chi connectivity index (χ1n) is 7.90. The molecular weight excluding hydrogens is 327 g/mol. The number of oxazole rings is 1. The average Bonchev–Trinajstić information content (AvgIpc) is 3.35. The van der Waals surface area contributed by atoms with Crippen molar-refractivity contribution >= 4 is 5.91 Å². The van der Waals surface area contributed by atoms with Gasteiger partial charge in [0.15, 0.2) is 23.7 Å². The Morgan fingerprint density at radius 3 is 2.84 bits per heavy atom. The van der Waals surface area contributed by atoms with Crippen LogP contribution >= 0.6 is 0 Å². The molecule has 4 rings (SSSR count). The molecule has 0 unspecified atom stereocenters. The summed E-state index contributed by atoms with van der Waals surface area (Å²) < 4.78 is 23.7. The molecule has 0 N–H and O–H groups in total. The Bertz CT molecular complexity index is 903. The third-order valence-electron chi connectivity index (χ3n) is 4.24. The van der Waals surface area contributed by atoms with Crippen LogP contribution in [-0.2, 0) is 0 Å². The molecule has 7 nitrogen and oxygen atoms in total. The lowest BCUT2D eigenvalue weighted by atomic mass is 10.1. The molecule has 0 bridgehead atoms. The van der Waals surface area contributed by atoms with E-state index in [4.69, 9.17) is 8.94 Å². The number of hydrogen-bond donors (Lipinski definition) is 0. The number of halogens is 1. The van der Waals surface area contributed by atoms with Crippen molar-refractivity contribution in [3.63, 3.8) is 0 Å². The van der Waals surface area contributed by atoms with E-state index >= 15 is 0 Å². The van der Waals surface area contributed by atoms with Gasteiger partial charge in [-0.3, -0.25) is 4.79 Å². The second-order valence-electron chi connectivity index (χ2n) is 5.95. The molecule has 0 radical (unpaired) electrons. The fourth-order valence-corrected chi connectivity index (χ4v) is 2.98. The van der Waals surface area contributed by atoms with E-state index in [1.807, 2.05) is 0 Å². The lowest BCUT2D eigenvalue weighted by molar-refractivity contribution is 0.0784. The van der Waals surface area contributed by atoms with Crippen molar-refractivity contribution in [1.29, 1.82) is 0 Å². The van der Waals surface area contributed by atoms with Gasteiger partial charge in [-0.25, -0.2) is 9.37 Å². The predicted molar refractivity (Wildman–Crippen MR) is 84.2 cm³/mol. The highest BCUT2D eigenvalue weighted by Crippen LogP contribution is 2.29. The normalized spacial score (nSPS) is 17.2. The summed E-state index contributed by atoms with van der Waals surface area (Å²) in [5.74, 6) is 0.898. The molecular formula is C17H15FN4O3. The number of carbonyl (C=O) groups excluding carboxylic acids is 1. The van der Waals surface area contributed by atoms with Crippen molar-refractivity contribution in [2.24, 2.45) is 0 Å². The van der Waals surface area contributed by atoms with Crippen molar-refractivity contribution in [2.45, 2.75) is 19.3 Å². The predicted octanol–water partition coefficient (Wildman–Crippen LogP) is 2.80. The number of hydrogen-bond acceptors (Lipinski definition) is 6. The molecule has 1 aromatic carbocycles. The van der Waals surface area contributed by atoms with Gasteiger partial charge < -0.3 is 13.8 Å². The summed E-state index contributed by atoms with van der Waals surface area (Å²) in [6.45, 7) is 2.81. The fraction of sp³-hybridized carbons (Fsp3) is 0.294. The molecule has 0 aliphatic carbocycles. The maximum atomic E-state index is 13.1. The Balaban J connectivity index is 1.54. The maximum absolute atomic E-state index is 13.1. The van der Waals surface area contributed by atoms with Crippen LogP contribution in [0.2, 0.25) is 0 Å². The van der Waals surface area contributed by atoms with Gasteiger partial charge in [0.1, 0.15) is 5.82 Å². The summed E-state index contributed by atoms with van der Waals surface area (Å²) in [7, 11) is 0. The zero-order chi connectivity index (χ0) is 17.4. The molecule has 1 atom stereocenters. The number of aryl methyl sites for hydroxylation is 1. The minimum absolute atomic E-state index is 0.0197. The van der Waals surface area contributed by atoms with E-state index in [9.17, 15) is 9.18 Å². The SMILES string of the molecule is Cc1noc([C@@H]2CCN(C(=O)c3ncoc3-c3ccc(F)cc3)C2)n1. The number of benzene rings is 1. The third kappa shape index (κ3) is 2.90. The number of aromatic nitrogens is 3. The number of carbonyl (C=O) groups is 1. The van der Waals surface area contributed by atoms with Crippen LogP contribution < -0.4 is 0 Å². The molecule has 3 heterocycles. The van der Waals surface area contributed by atoms with E-state index in [2.05, 4.69) is 15.1 Å². The van der Waals surface area contributed by atoms with Gasteiger partial charge in [0.25, 0.3) is 5.91 Å². The molecule has 25 heavy (non-hydrogen) atoms.